The van der Waals surface area contributed by atoms with Crippen LogP contribution in [-0.4, -0.2) is 24.6 Å². The summed E-state index contributed by atoms with van der Waals surface area (Å²) in [4.78, 5) is 8.46. The molecule has 1 unspecified atom stereocenters. The van der Waals surface area contributed by atoms with Crippen LogP contribution in [-0.2, 0) is 9.84 Å². The van der Waals surface area contributed by atoms with Gasteiger partial charge >= 0.3 is 0 Å². The standard InChI is InChI=1S/C19H16N4O2S/c1-26(24,25)17-9-5-8-15(10-17)19(14-6-3-2-4-7-14)23-18-13-21-16(11-20)12-22-18/h2-10,12-13,19H,1H3,(H,22,23). The van der Waals surface area contributed by atoms with E-state index in [0.717, 1.165) is 11.1 Å². The predicted molar refractivity (Wildman–Crippen MR) is 98.2 cm³/mol. The minimum Gasteiger partial charge on any atom is -0.358 e. The first-order valence-electron chi connectivity index (χ1n) is 7.81. The lowest BCUT2D eigenvalue weighted by Crippen LogP contribution is -2.14. The van der Waals surface area contributed by atoms with E-state index in [1.807, 2.05) is 42.5 Å². The average Bonchev–Trinajstić information content (AvgIpc) is 2.67. The lowest BCUT2D eigenvalue weighted by Gasteiger charge is -2.20. The van der Waals surface area contributed by atoms with E-state index in [9.17, 15) is 8.42 Å². The zero-order chi connectivity index (χ0) is 18.6. The van der Waals surface area contributed by atoms with Crippen molar-refractivity contribution in [1.82, 2.24) is 9.97 Å². The Labute approximate surface area is 152 Å². The van der Waals surface area contributed by atoms with Gasteiger partial charge in [0.1, 0.15) is 11.9 Å². The van der Waals surface area contributed by atoms with Crippen LogP contribution in [0.1, 0.15) is 22.9 Å². The number of anilines is 1. The van der Waals surface area contributed by atoms with Crippen molar-refractivity contribution in [2.45, 2.75) is 10.9 Å². The third-order valence-corrected chi connectivity index (χ3v) is 4.92. The van der Waals surface area contributed by atoms with Crippen LogP contribution < -0.4 is 5.32 Å². The molecule has 3 aromatic rings. The van der Waals surface area contributed by atoms with Gasteiger partial charge in [0.15, 0.2) is 15.5 Å². The van der Waals surface area contributed by atoms with Crippen LogP contribution in [0, 0.1) is 11.3 Å². The van der Waals surface area contributed by atoms with E-state index in [2.05, 4.69) is 15.3 Å². The predicted octanol–water partition coefficient (Wildman–Crippen LogP) is 2.95. The normalized spacial score (nSPS) is 12.2. The first kappa shape index (κ1) is 17.6. The molecule has 3 rings (SSSR count). The molecule has 0 spiro atoms. The molecule has 1 atom stereocenters. The zero-order valence-corrected chi connectivity index (χ0v) is 14.8. The fraction of sp³-hybridized carbons (Fsp3) is 0.105. The van der Waals surface area contributed by atoms with Crippen LogP contribution in [0.3, 0.4) is 0 Å². The van der Waals surface area contributed by atoms with Crippen molar-refractivity contribution in [2.24, 2.45) is 0 Å². The quantitative estimate of drug-likeness (QED) is 0.748. The van der Waals surface area contributed by atoms with E-state index in [0.29, 0.717) is 5.82 Å². The van der Waals surface area contributed by atoms with Crippen LogP contribution in [0.25, 0.3) is 0 Å². The van der Waals surface area contributed by atoms with Crippen LogP contribution >= 0.6 is 0 Å². The Morgan fingerprint density at radius 1 is 1.00 bits per heavy atom. The Kier molecular flexibility index (Phi) is 4.96. The molecule has 0 aliphatic heterocycles. The van der Waals surface area contributed by atoms with E-state index < -0.39 is 9.84 Å². The van der Waals surface area contributed by atoms with Crippen molar-refractivity contribution in [3.05, 3.63) is 83.8 Å². The molecular formula is C19H16N4O2S. The van der Waals surface area contributed by atoms with Gasteiger partial charge in [-0.05, 0) is 23.3 Å². The van der Waals surface area contributed by atoms with Gasteiger partial charge in [0, 0.05) is 6.26 Å². The highest BCUT2D eigenvalue weighted by Crippen LogP contribution is 2.27. The first-order chi connectivity index (χ1) is 12.5. The summed E-state index contributed by atoms with van der Waals surface area (Å²) in [5.74, 6) is 0.489. The summed E-state index contributed by atoms with van der Waals surface area (Å²) in [6.07, 6.45) is 4.05. The van der Waals surface area contributed by atoms with Gasteiger partial charge in [-0.2, -0.15) is 5.26 Å². The van der Waals surface area contributed by atoms with Crippen molar-refractivity contribution in [1.29, 1.82) is 5.26 Å². The molecule has 0 saturated heterocycles. The highest BCUT2D eigenvalue weighted by atomic mass is 32.2. The lowest BCUT2D eigenvalue weighted by atomic mass is 9.99. The number of sulfone groups is 1. The SMILES string of the molecule is CS(=O)(=O)c1cccc(C(Nc2cnc(C#N)cn2)c2ccccc2)c1. The van der Waals surface area contributed by atoms with Crippen LogP contribution in [0.5, 0.6) is 0 Å². The molecular weight excluding hydrogens is 348 g/mol. The second-order valence-corrected chi connectivity index (χ2v) is 7.75. The van der Waals surface area contributed by atoms with Gasteiger partial charge in [-0.25, -0.2) is 18.4 Å². The van der Waals surface area contributed by atoms with Crippen molar-refractivity contribution >= 4 is 15.7 Å². The highest BCUT2D eigenvalue weighted by Gasteiger charge is 2.17. The number of hydrogen-bond donors (Lipinski definition) is 1. The molecule has 1 aromatic heterocycles. The molecule has 0 amide bonds. The Hall–Kier alpha value is -3.24. The Morgan fingerprint density at radius 3 is 2.35 bits per heavy atom. The summed E-state index contributed by atoms with van der Waals surface area (Å²) in [7, 11) is -3.31. The molecule has 26 heavy (non-hydrogen) atoms. The van der Waals surface area contributed by atoms with Gasteiger partial charge < -0.3 is 5.32 Å². The van der Waals surface area contributed by atoms with Gasteiger partial charge in [-0.15, -0.1) is 0 Å². The van der Waals surface area contributed by atoms with Gasteiger partial charge in [0.25, 0.3) is 0 Å². The van der Waals surface area contributed by atoms with Crippen LogP contribution in [0.4, 0.5) is 5.82 Å². The largest absolute Gasteiger partial charge is 0.358 e. The smallest absolute Gasteiger partial charge is 0.175 e. The maximum Gasteiger partial charge on any atom is 0.175 e. The fourth-order valence-electron chi connectivity index (χ4n) is 2.54. The lowest BCUT2D eigenvalue weighted by molar-refractivity contribution is 0.601. The molecule has 7 heteroatoms. The van der Waals surface area contributed by atoms with Gasteiger partial charge in [-0.1, -0.05) is 42.5 Å². The van der Waals surface area contributed by atoms with E-state index in [-0.39, 0.29) is 16.6 Å². The summed E-state index contributed by atoms with van der Waals surface area (Å²) in [6, 6.07) is 18.0. The molecule has 0 radical (unpaired) electrons. The number of nitrogens with one attached hydrogen (secondary N) is 1. The molecule has 6 nitrogen and oxygen atoms in total. The third kappa shape index (κ3) is 4.05. The molecule has 1 heterocycles. The van der Waals surface area contributed by atoms with E-state index in [4.69, 9.17) is 5.26 Å². The second kappa shape index (κ2) is 7.33. The number of hydrogen-bond acceptors (Lipinski definition) is 6. The molecule has 0 aliphatic carbocycles. The number of rotatable bonds is 5. The first-order valence-corrected chi connectivity index (χ1v) is 9.70. The average molecular weight is 364 g/mol. The van der Waals surface area contributed by atoms with Crippen LogP contribution in [0.15, 0.2) is 71.9 Å². The van der Waals surface area contributed by atoms with E-state index >= 15 is 0 Å². The molecule has 2 aromatic carbocycles. The van der Waals surface area contributed by atoms with E-state index in [1.165, 1.54) is 18.6 Å². The van der Waals surface area contributed by atoms with Gasteiger partial charge in [0.05, 0.1) is 23.3 Å². The summed E-state index contributed by atoms with van der Waals surface area (Å²) in [5, 5.41) is 12.1. The molecule has 130 valence electrons. The third-order valence-electron chi connectivity index (χ3n) is 3.81. The number of nitrogens with zero attached hydrogens (tertiary/aromatic N) is 3. The summed E-state index contributed by atoms with van der Waals surface area (Å²) in [5.41, 5.74) is 1.96. The molecule has 0 bridgehead atoms. The minimum absolute atomic E-state index is 0.228. The summed E-state index contributed by atoms with van der Waals surface area (Å²) < 4.78 is 23.8. The van der Waals surface area contributed by atoms with Gasteiger partial charge in [0.2, 0.25) is 0 Å². The fourth-order valence-corrected chi connectivity index (χ4v) is 3.21. The number of benzene rings is 2. The van der Waals surface area contributed by atoms with Crippen molar-refractivity contribution in [2.75, 3.05) is 11.6 Å². The summed E-state index contributed by atoms with van der Waals surface area (Å²) >= 11 is 0. The van der Waals surface area contributed by atoms with Crippen molar-refractivity contribution in [3.63, 3.8) is 0 Å². The monoisotopic (exact) mass is 364 g/mol. The Morgan fingerprint density at radius 2 is 1.73 bits per heavy atom. The minimum atomic E-state index is -3.31. The molecule has 1 N–H and O–H groups in total. The molecule has 0 fully saturated rings. The summed E-state index contributed by atoms with van der Waals surface area (Å²) in [6.45, 7) is 0. The van der Waals surface area contributed by atoms with Crippen molar-refractivity contribution in [3.8, 4) is 6.07 Å². The van der Waals surface area contributed by atoms with Crippen LogP contribution in [0.2, 0.25) is 0 Å². The number of nitriles is 1. The topological polar surface area (TPSA) is 95.7 Å². The second-order valence-electron chi connectivity index (χ2n) is 5.73. The highest BCUT2D eigenvalue weighted by molar-refractivity contribution is 7.90. The zero-order valence-electron chi connectivity index (χ0n) is 14.0. The van der Waals surface area contributed by atoms with Gasteiger partial charge in [-0.3, -0.25) is 0 Å². The Bertz CT molecular complexity index is 1040. The molecule has 0 saturated carbocycles. The molecule has 0 aliphatic rings. The Balaban J connectivity index is 2.03. The maximum absolute atomic E-state index is 11.9. The van der Waals surface area contributed by atoms with Crippen molar-refractivity contribution < 1.29 is 8.42 Å². The van der Waals surface area contributed by atoms with E-state index in [1.54, 1.807) is 18.2 Å². The maximum atomic E-state index is 11.9. The number of aromatic nitrogens is 2.